The van der Waals surface area contributed by atoms with Gasteiger partial charge in [0.15, 0.2) is 5.78 Å². The first-order valence-corrected chi connectivity index (χ1v) is 8.80. The molecule has 0 amide bonds. The van der Waals surface area contributed by atoms with Crippen LogP contribution in [0.3, 0.4) is 0 Å². The minimum absolute atomic E-state index is 0.112. The topological polar surface area (TPSA) is 59.2 Å². The van der Waals surface area contributed by atoms with Gasteiger partial charge in [0.2, 0.25) is 0 Å². The van der Waals surface area contributed by atoms with Crippen molar-refractivity contribution in [3.05, 3.63) is 44.9 Å². The highest BCUT2D eigenvalue weighted by atomic mass is 32.1. The molecule has 2 aromatic rings. The number of carbonyl (C=O) groups excluding carboxylic acids is 2. The third-order valence-electron chi connectivity index (χ3n) is 4.19. The van der Waals surface area contributed by atoms with E-state index in [0.29, 0.717) is 24.3 Å². The second-order valence-electron chi connectivity index (χ2n) is 6.51. The molecule has 0 fully saturated rings. The van der Waals surface area contributed by atoms with Crippen molar-refractivity contribution in [3.63, 3.8) is 0 Å². The fourth-order valence-electron chi connectivity index (χ4n) is 3.08. The van der Waals surface area contributed by atoms with Crippen molar-refractivity contribution in [3.8, 4) is 0 Å². The molecule has 1 atom stereocenters. The molecule has 3 rings (SSSR count). The molecule has 0 saturated heterocycles. The van der Waals surface area contributed by atoms with Crippen molar-refractivity contribution in [2.24, 2.45) is 5.92 Å². The Labute approximate surface area is 139 Å². The lowest BCUT2D eigenvalue weighted by Gasteiger charge is -2.20. The third kappa shape index (κ3) is 3.11. The number of aromatic nitrogens is 1. The van der Waals surface area contributed by atoms with Crippen LogP contribution in [-0.2, 0) is 11.2 Å². The number of rotatable bonds is 4. The van der Waals surface area contributed by atoms with Crippen LogP contribution >= 0.6 is 11.3 Å². The van der Waals surface area contributed by atoms with Gasteiger partial charge in [-0.15, -0.1) is 11.3 Å². The summed E-state index contributed by atoms with van der Waals surface area (Å²) in [5.74, 6) is 0.230. The number of esters is 1. The molecule has 0 saturated carbocycles. The highest BCUT2D eigenvalue weighted by Gasteiger charge is 2.32. The van der Waals surface area contributed by atoms with Crippen molar-refractivity contribution in [1.29, 1.82) is 0 Å². The number of carbonyl (C=O) groups is 2. The number of thiophene rings is 1. The van der Waals surface area contributed by atoms with Crippen LogP contribution < -0.4 is 0 Å². The number of hydrogen-bond acceptors (Lipinski definition) is 4. The summed E-state index contributed by atoms with van der Waals surface area (Å²) in [6.45, 7) is 6.20. The van der Waals surface area contributed by atoms with Gasteiger partial charge >= 0.3 is 5.97 Å². The fraction of sp³-hybridized carbons (Fsp3) is 0.444. The Morgan fingerprint density at radius 1 is 1.43 bits per heavy atom. The van der Waals surface area contributed by atoms with Crippen LogP contribution in [0, 0.1) is 12.8 Å². The Bertz CT molecular complexity index is 728. The summed E-state index contributed by atoms with van der Waals surface area (Å²) in [7, 11) is 0. The standard InChI is InChI=1S/C18H21NO3S/c1-10(2)9-22-18(21)17-11(3)16-13(19-17)7-12(8-14(16)20)15-5-4-6-23-15/h4-6,10,12,19H,7-9H2,1-3H3/t12-/m1/s1. The molecule has 23 heavy (non-hydrogen) atoms. The first-order valence-electron chi connectivity index (χ1n) is 7.92. The zero-order valence-electron chi connectivity index (χ0n) is 13.6. The largest absolute Gasteiger partial charge is 0.461 e. The molecule has 1 N–H and O–H groups in total. The molecule has 4 nitrogen and oxygen atoms in total. The molecule has 2 aromatic heterocycles. The minimum atomic E-state index is -0.369. The SMILES string of the molecule is Cc1c(C(=O)OCC(C)C)[nH]c2c1C(=O)C[C@H](c1cccs1)C2. The average molecular weight is 331 g/mol. The lowest BCUT2D eigenvalue weighted by molar-refractivity contribution is 0.0451. The first-order chi connectivity index (χ1) is 11.0. The van der Waals surface area contributed by atoms with Gasteiger partial charge in [0.1, 0.15) is 5.69 Å². The normalized spacial score (nSPS) is 17.4. The van der Waals surface area contributed by atoms with E-state index in [-0.39, 0.29) is 23.6 Å². The molecule has 122 valence electrons. The molecule has 0 unspecified atom stereocenters. The highest BCUT2D eigenvalue weighted by molar-refractivity contribution is 7.10. The number of fused-ring (bicyclic) bond motifs is 1. The van der Waals surface area contributed by atoms with E-state index in [1.807, 2.05) is 32.2 Å². The number of ether oxygens (including phenoxy) is 1. The van der Waals surface area contributed by atoms with E-state index in [1.54, 1.807) is 11.3 Å². The second kappa shape index (κ2) is 6.32. The Hall–Kier alpha value is -1.88. The van der Waals surface area contributed by atoms with Gasteiger partial charge in [0.25, 0.3) is 0 Å². The lowest BCUT2D eigenvalue weighted by atomic mass is 9.84. The fourth-order valence-corrected chi connectivity index (χ4v) is 3.91. The smallest absolute Gasteiger partial charge is 0.355 e. The van der Waals surface area contributed by atoms with Gasteiger partial charge in [-0.05, 0) is 36.3 Å². The van der Waals surface area contributed by atoms with E-state index in [1.165, 1.54) is 4.88 Å². The lowest BCUT2D eigenvalue weighted by Crippen LogP contribution is -2.17. The van der Waals surface area contributed by atoms with Crippen LogP contribution in [0.15, 0.2) is 17.5 Å². The Kier molecular flexibility index (Phi) is 4.39. The van der Waals surface area contributed by atoms with Gasteiger partial charge in [0.05, 0.1) is 6.61 Å². The summed E-state index contributed by atoms with van der Waals surface area (Å²) in [5, 5.41) is 2.03. The van der Waals surface area contributed by atoms with Crippen molar-refractivity contribution in [2.45, 2.75) is 39.5 Å². The molecule has 2 heterocycles. The number of aromatic amines is 1. The molecule has 1 aliphatic rings. The zero-order chi connectivity index (χ0) is 16.6. The van der Waals surface area contributed by atoms with E-state index < -0.39 is 0 Å². The van der Waals surface area contributed by atoms with Gasteiger partial charge < -0.3 is 9.72 Å². The predicted octanol–water partition coefficient (Wildman–Crippen LogP) is 4.11. The molecule has 0 radical (unpaired) electrons. The van der Waals surface area contributed by atoms with Crippen LogP contribution in [0.4, 0.5) is 0 Å². The summed E-state index contributed by atoms with van der Waals surface area (Å²) in [6.07, 6.45) is 1.27. The van der Waals surface area contributed by atoms with E-state index in [4.69, 9.17) is 4.74 Å². The van der Waals surface area contributed by atoms with Crippen molar-refractivity contribution in [1.82, 2.24) is 4.98 Å². The third-order valence-corrected chi connectivity index (χ3v) is 5.22. The van der Waals surface area contributed by atoms with Crippen LogP contribution in [-0.4, -0.2) is 23.3 Å². The monoisotopic (exact) mass is 331 g/mol. The van der Waals surface area contributed by atoms with E-state index in [0.717, 1.165) is 17.7 Å². The van der Waals surface area contributed by atoms with Crippen LogP contribution in [0.25, 0.3) is 0 Å². The van der Waals surface area contributed by atoms with Gasteiger partial charge in [-0.25, -0.2) is 4.79 Å². The zero-order valence-corrected chi connectivity index (χ0v) is 14.5. The Morgan fingerprint density at radius 2 is 2.22 bits per heavy atom. The maximum Gasteiger partial charge on any atom is 0.355 e. The summed E-state index contributed by atoms with van der Waals surface area (Å²) >= 11 is 1.68. The van der Waals surface area contributed by atoms with Crippen molar-refractivity contribution >= 4 is 23.1 Å². The second-order valence-corrected chi connectivity index (χ2v) is 7.49. The van der Waals surface area contributed by atoms with Crippen molar-refractivity contribution in [2.75, 3.05) is 6.61 Å². The predicted molar refractivity (Wildman–Crippen MR) is 90.4 cm³/mol. The Balaban J connectivity index is 1.87. The summed E-state index contributed by atoms with van der Waals surface area (Å²) in [4.78, 5) is 29.2. The van der Waals surface area contributed by atoms with Gasteiger partial charge in [-0.3, -0.25) is 4.79 Å². The maximum absolute atomic E-state index is 12.5. The number of hydrogen-bond donors (Lipinski definition) is 1. The molecule has 1 aliphatic carbocycles. The van der Waals surface area contributed by atoms with Crippen molar-refractivity contribution < 1.29 is 14.3 Å². The summed E-state index contributed by atoms with van der Waals surface area (Å²) in [6, 6.07) is 4.08. The molecular formula is C18H21NO3S. The maximum atomic E-state index is 12.5. The Morgan fingerprint density at radius 3 is 2.87 bits per heavy atom. The molecule has 0 bridgehead atoms. The number of H-pyrrole nitrogens is 1. The van der Waals surface area contributed by atoms with Gasteiger partial charge in [-0.1, -0.05) is 19.9 Å². The average Bonchev–Trinajstić information content (AvgIpc) is 3.13. The van der Waals surface area contributed by atoms with E-state index in [9.17, 15) is 9.59 Å². The van der Waals surface area contributed by atoms with Crippen LogP contribution in [0.1, 0.15) is 63.2 Å². The van der Waals surface area contributed by atoms with Crippen LogP contribution in [0.5, 0.6) is 0 Å². The molecule has 0 spiro atoms. The van der Waals surface area contributed by atoms with Gasteiger partial charge in [0, 0.05) is 28.5 Å². The number of Topliss-reactive ketones (excluding diaryl/α,β-unsaturated/α-hetero) is 1. The van der Waals surface area contributed by atoms with Crippen LogP contribution in [0.2, 0.25) is 0 Å². The molecular weight excluding hydrogens is 310 g/mol. The molecule has 5 heteroatoms. The summed E-state index contributed by atoms with van der Waals surface area (Å²) in [5.41, 5.74) is 2.71. The summed E-state index contributed by atoms with van der Waals surface area (Å²) < 4.78 is 5.30. The highest BCUT2D eigenvalue weighted by Crippen LogP contribution is 2.36. The molecule has 0 aliphatic heterocycles. The van der Waals surface area contributed by atoms with Gasteiger partial charge in [-0.2, -0.15) is 0 Å². The van der Waals surface area contributed by atoms with E-state index >= 15 is 0 Å². The van der Waals surface area contributed by atoms with E-state index in [2.05, 4.69) is 11.1 Å². The molecule has 0 aromatic carbocycles. The first kappa shape index (κ1) is 16.0. The number of ketones is 1. The quantitative estimate of drug-likeness (QED) is 0.858. The number of nitrogens with one attached hydrogen (secondary N) is 1. The minimum Gasteiger partial charge on any atom is -0.461 e.